The molecule has 8 unspecified atom stereocenters. The highest BCUT2D eigenvalue weighted by atomic mass is 16.5. The summed E-state index contributed by atoms with van der Waals surface area (Å²) in [7, 11) is 1.44. The molecule has 0 aromatic rings. The molecule has 5 nitrogen and oxygen atoms in total. The van der Waals surface area contributed by atoms with Gasteiger partial charge in [0.15, 0.2) is 0 Å². The zero-order valence-electron chi connectivity index (χ0n) is 20.2. The van der Waals surface area contributed by atoms with Crippen molar-refractivity contribution in [2.45, 2.75) is 90.8 Å². The molecular formula is C27H41NO4. The number of hydrogen-bond acceptors (Lipinski definition) is 5. The van der Waals surface area contributed by atoms with E-state index in [1.54, 1.807) is 6.08 Å². The molecule has 0 saturated heterocycles. The van der Waals surface area contributed by atoms with Crippen molar-refractivity contribution in [3.8, 4) is 6.07 Å². The second-order valence-corrected chi connectivity index (χ2v) is 11.8. The van der Waals surface area contributed by atoms with Crippen molar-refractivity contribution in [1.82, 2.24) is 0 Å². The molecule has 32 heavy (non-hydrogen) atoms. The van der Waals surface area contributed by atoms with Crippen LogP contribution in [0.2, 0.25) is 0 Å². The molecule has 2 N–H and O–H groups in total. The summed E-state index contributed by atoms with van der Waals surface area (Å²) in [4.78, 5) is 11.7. The first kappa shape index (κ1) is 23.8. The fourth-order valence-corrected chi connectivity index (χ4v) is 8.88. The van der Waals surface area contributed by atoms with E-state index in [9.17, 15) is 15.0 Å². The molecule has 0 aromatic carbocycles. The van der Waals surface area contributed by atoms with Crippen LogP contribution < -0.4 is 0 Å². The number of aliphatic hydroxyl groups excluding tert-OH is 2. The van der Waals surface area contributed by atoms with Gasteiger partial charge in [0.2, 0.25) is 0 Å². The Labute approximate surface area is 193 Å². The molecule has 4 saturated carbocycles. The van der Waals surface area contributed by atoms with Crippen LogP contribution in [0.4, 0.5) is 0 Å². The number of fused-ring (bicyclic) bond motifs is 5. The van der Waals surface area contributed by atoms with Gasteiger partial charge in [0, 0.05) is 12.5 Å². The van der Waals surface area contributed by atoms with Crippen LogP contribution in [0.25, 0.3) is 0 Å². The van der Waals surface area contributed by atoms with Gasteiger partial charge < -0.3 is 14.9 Å². The Kier molecular flexibility index (Phi) is 6.51. The third-order valence-electron chi connectivity index (χ3n) is 10.7. The standard InChI is InChI=1S/C27H41NO4/c1-16(5-8-24(31)32-4)19-6-7-20-25-21(15-23(30)27(19,20)3)26(2)11-9-17(10-12-28)13-18(26)14-22(25)29/h10,16,18-23,25,29-30H,5-9,11,13-15H2,1-4H3/b17-10-/t16?,18?,19?,20?,21?,22-,23+,25?,26?,27?/m1/s1. The lowest BCUT2D eigenvalue weighted by Gasteiger charge is -2.63. The number of ether oxygens (including phenoxy) is 1. The van der Waals surface area contributed by atoms with Gasteiger partial charge in [-0.25, -0.2) is 0 Å². The lowest BCUT2D eigenvalue weighted by Crippen LogP contribution is -2.61. The Hall–Kier alpha value is -1.38. The number of allylic oxidation sites excluding steroid dienone is 2. The Bertz CT molecular complexity index is 802. The molecule has 10 atom stereocenters. The van der Waals surface area contributed by atoms with E-state index in [0.29, 0.717) is 36.0 Å². The van der Waals surface area contributed by atoms with Crippen molar-refractivity contribution in [3.63, 3.8) is 0 Å². The highest BCUT2D eigenvalue weighted by molar-refractivity contribution is 5.69. The van der Waals surface area contributed by atoms with E-state index in [2.05, 4.69) is 26.8 Å². The molecular weight excluding hydrogens is 402 g/mol. The molecule has 0 bridgehead atoms. The maximum absolute atomic E-state index is 11.7. The van der Waals surface area contributed by atoms with Crippen LogP contribution in [-0.4, -0.2) is 35.5 Å². The molecule has 5 heteroatoms. The maximum Gasteiger partial charge on any atom is 0.305 e. The zero-order chi connectivity index (χ0) is 23.3. The van der Waals surface area contributed by atoms with E-state index in [1.807, 2.05) is 0 Å². The van der Waals surface area contributed by atoms with Gasteiger partial charge in [-0.1, -0.05) is 26.3 Å². The lowest BCUT2D eigenvalue weighted by molar-refractivity contribution is -0.198. The largest absolute Gasteiger partial charge is 0.469 e. The summed E-state index contributed by atoms with van der Waals surface area (Å²) < 4.78 is 4.84. The van der Waals surface area contributed by atoms with E-state index in [0.717, 1.165) is 51.4 Å². The van der Waals surface area contributed by atoms with Crippen LogP contribution in [0, 0.1) is 57.7 Å². The topological polar surface area (TPSA) is 90.5 Å². The Morgan fingerprint density at radius 2 is 2.03 bits per heavy atom. The smallest absolute Gasteiger partial charge is 0.305 e. The van der Waals surface area contributed by atoms with Crippen LogP contribution in [0.1, 0.15) is 78.6 Å². The van der Waals surface area contributed by atoms with Crippen LogP contribution >= 0.6 is 0 Å². The number of methoxy groups -OCH3 is 1. The van der Waals surface area contributed by atoms with Crippen LogP contribution in [0.5, 0.6) is 0 Å². The van der Waals surface area contributed by atoms with E-state index in [1.165, 1.54) is 12.7 Å². The summed E-state index contributed by atoms with van der Waals surface area (Å²) >= 11 is 0. The summed E-state index contributed by atoms with van der Waals surface area (Å²) in [5.41, 5.74) is 1.14. The van der Waals surface area contributed by atoms with Gasteiger partial charge in [-0.3, -0.25) is 4.79 Å². The van der Waals surface area contributed by atoms with E-state index < -0.39 is 0 Å². The van der Waals surface area contributed by atoms with Crippen molar-refractivity contribution < 1.29 is 19.7 Å². The van der Waals surface area contributed by atoms with Gasteiger partial charge in [-0.15, -0.1) is 0 Å². The van der Waals surface area contributed by atoms with E-state index >= 15 is 0 Å². The van der Waals surface area contributed by atoms with E-state index in [-0.39, 0.29) is 34.9 Å². The summed E-state index contributed by atoms with van der Waals surface area (Å²) in [5.74, 6) is 1.83. The summed E-state index contributed by atoms with van der Waals surface area (Å²) in [6, 6.07) is 2.20. The van der Waals surface area contributed by atoms with Crippen molar-refractivity contribution in [1.29, 1.82) is 5.26 Å². The van der Waals surface area contributed by atoms with Gasteiger partial charge in [-0.2, -0.15) is 5.26 Å². The van der Waals surface area contributed by atoms with Crippen molar-refractivity contribution in [3.05, 3.63) is 11.6 Å². The fraction of sp³-hybridized carbons (Fsp3) is 0.852. The van der Waals surface area contributed by atoms with Gasteiger partial charge in [0.25, 0.3) is 0 Å². The number of aliphatic hydroxyl groups is 2. The molecule has 0 radical (unpaired) electrons. The number of carbonyl (C=O) groups excluding carboxylic acids is 1. The molecule has 0 aliphatic heterocycles. The first-order valence-electron chi connectivity index (χ1n) is 12.7. The van der Waals surface area contributed by atoms with Gasteiger partial charge >= 0.3 is 5.97 Å². The Morgan fingerprint density at radius 3 is 2.72 bits per heavy atom. The predicted octanol–water partition coefficient (Wildman–Crippen LogP) is 4.63. The summed E-state index contributed by atoms with van der Waals surface area (Å²) in [6.07, 6.45) is 8.84. The average molecular weight is 444 g/mol. The predicted molar refractivity (Wildman–Crippen MR) is 122 cm³/mol. The molecule has 4 aliphatic rings. The minimum absolute atomic E-state index is 0.119. The monoisotopic (exact) mass is 443 g/mol. The number of nitriles is 1. The number of nitrogens with zero attached hydrogens (tertiary/aromatic N) is 1. The van der Waals surface area contributed by atoms with Crippen LogP contribution in [-0.2, 0) is 9.53 Å². The van der Waals surface area contributed by atoms with Crippen molar-refractivity contribution in [2.75, 3.05) is 7.11 Å². The van der Waals surface area contributed by atoms with Crippen molar-refractivity contribution >= 4 is 5.97 Å². The fourth-order valence-electron chi connectivity index (χ4n) is 8.88. The first-order chi connectivity index (χ1) is 15.2. The minimum atomic E-state index is -0.374. The normalized spacial score (nSPS) is 47.7. The first-order valence-corrected chi connectivity index (χ1v) is 12.7. The quantitative estimate of drug-likeness (QED) is 0.488. The second-order valence-electron chi connectivity index (χ2n) is 11.8. The molecule has 0 heterocycles. The highest BCUT2D eigenvalue weighted by Crippen LogP contribution is 2.68. The molecule has 0 amide bonds. The number of hydrogen-bond donors (Lipinski definition) is 2. The number of rotatable bonds is 4. The molecule has 4 fully saturated rings. The summed E-state index contributed by atoms with van der Waals surface area (Å²) in [5, 5.41) is 32.1. The van der Waals surface area contributed by atoms with Gasteiger partial charge in [-0.05, 0) is 97.7 Å². The highest BCUT2D eigenvalue weighted by Gasteiger charge is 2.65. The third-order valence-corrected chi connectivity index (χ3v) is 10.7. The Morgan fingerprint density at radius 1 is 1.28 bits per heavy atom. The lowest BCUT2D eigenvalue weighted by atomic mass is 9.43. The molecule has 178 valence electrons. The number of carbonyl (C=O) groups is 1. The van der Waals surface area contributed by atoms with Crippen LogP contribution in [0.3, 0.4) is 0 Å². The number of esters is 1. The molecule has 0 spiro atoms. The minimum Gasteiger partial charge on any atom is -0.469 e. The molecule has 4 aliphatic carbocycles. The maximum atomic E-state index is 11.7. The Balaban J connectivity index is 1.58. The molecule has 0 aromatic heterocycles. The van der Waals surface area contributed by atoms with Crippen molar-refractivity contribution in [2.24, 2.45) is 46.3 Å². The summed E-state index contributed by atoms with van der Waals surface area (Å²) in [6.45, 7) is 6.88. The van der Waals surface area contributed by atoms with Crippen LogP contribution in [0.15, 0.2) is 11.6 Å². The van der Waals surface area contributed by atoms with Gasteiger partial charge in [0.1, 0.15) is 0 Å². The third kappa shape index (κ3) is 3.62. The molecule has 4 rings (SSSR count). The zero-order valence-corrected chi connectivity index (χ0v) is 20.2. The average Bonchev–Trinajstić information content (AvgIpc) is 3.12. The van der Waals surface area contributed by atoms with Gasteiger partial charge in [0.05, 0.1) is 25.4 Å². The van der Waals surface area contributed by atoms with E-state index in [4.69, 9.17) is 10.00 Å². The SMILES string of the molecule is COC(=O)CCC(C)C1CCC2C3C(C[C@H](O)C12C)C1(C)CC/C(=C/C#N)CC1C[C@H]3O. The second kappa shape index (κ2) is 8.76.